The lowest BCUT2D eigenvalue weighted by molar-refractivity contribution is 0.198. The average molecular weight is 277 g/mol. The van der Waals surface area contributed by atoms with Crippen LogP contribution in [-0.4, -0.2) is 29.7 Å². The Morgan fingerprint density at radius 2 is 2.00 bits per heavy atom. The van der Waals surface area contributed by atoms with Gasteiger partial charge >= 0.3 is 0 Å². The molecule has 0 spiro atoms. The van der Waals surface area contributed by atoms with E-state index in [1.807, 2.05) is 12.1 Å². The highest BCUT2D eigenvalue weighted by Gasteiger charge is 2.29. The standard InChI is InChI=1S/C17H27NO2/c1-12(2)10-18(16-6-7-16)11-15-9-14(13(3)19)5-8-17(15)20-4/h5,8-9,12-13,16,19H,6-7,10-11H2,1-4H3. The molecule has 20 heavy (non-hydrogen) atoms. The lowest BCUT2D eigenvalue weighted by atomic mass is 10.0. The first kappa shape index (κ1) is 15.3. The lowest BCUT2D eigenvalue weighted by Crippen LogP contribution is -2.29. The van der Waals surface area contributed by atoms with E-state index < -0.39 is 6.10 Å². The molecular weight excluding hydrogens is 250 g/mol. The molecule has 0 amide bonds. The Balaban J connectivity index is 2.18. The van der Waals surface area contributed by atoms with E-state index in [0.717, 1.165) is 30.4 Å². The summed E-state index contributed by atoms with van der Waals surface area (Å²) in [5.74, 6) is 1.59. The normalized spacial score (nSPS) is 16.8. The molecule has 1 atom stereocenters. The zero-order valence-electron chi connectivity index (χ0n) is 13.1. The van der Waals surface area contributed by atoms with Crippen LogP contribution in [-0.2, 0) is 6.54 Å². The fourth-order valence-electron chi connectivity index (χ4n) is 2.65. The first-order valence-electron chi connectivity index (χ1n) is 7.60. The monoisotopic (exact) mass is 277 g/mol. The third kappa shape index (κ3) is 3.97. The SMILES string of the molecule is COc1ccc(C(C)O)cc1CN(CC(C)C)C1CC1. The van der Waals surface area contributed by atoms with Gasteiger partial charge in [-0.15, -0.1) is 0 Å². The highest BCUT2D eigenvalue weighted by molar-refractivity contribution is 5.38. The van der Waals surface area contributed by atoms with E-state index in [1.54, 1.807) is 14.0 Å². The third-order valence-corrected chi connectivity index (χ3v) is 3.82. The lowest BCUT2D eigenvalue weighted by Gasteiger charge is -2.25. The van der Waals surface area contributed by atoms with Crippen molar-refractivity contribution in [2.75, 3.05) is 13.7 Å². The Hall–Kier alpha value is -1.06. The summed E-state index contributed by atoms with van der Waals surface area (Å²) in [6.07, 6.45) is 2.19. The summed E-state index contributed by atoms with van der Waals surface area (Å²) in [6, 6.07) is 6.73. The van der Waals surface area contributed by atoms with E-state index in [9.17, 15) is 5.11 Å². The minimum absolute atomic E-state index is 0.431. The number of hydrogen-bond acceptors (Lipinski definition) is 3. The summed E-state index contributed by atoms with van der Waals surface area (Å²) < 4.78 is 5.48. The van der Waals surface area contributed by atoms with Gasteiger partial charge in [-0.3, -0.25) is 4.90 Å². The van der Waals surface area contributed by atoms with Gasteiger partial charge in [-0.25, -0.2) is 0 Å². The zero-order valence-corrected chi connectivity index (χ0v) is 13.1. The van der Waals surface area contributed by atoms with Crippen LogP contribution >= 0.6 is 0 Å². The van der Waals surface area contributed by atoms with Crippen molar-refractivity contribution in [2.24, 2.45) is 5.92 Å². The maximum absolute atomic E-state index is 9.76. The molecule has 1 aromatic rings. The smallest absolute Gasteiger partial charge is 0.123 e. The molecule has 1 fully saturated rings. The predicted octanol–water partition coefficient (Wildman–Crippen LogP) is 3.37. The summed E-state index contributed by atoms with van der Waals surface area (Å²) in [5.41, 5.74) is 2.14. The van der Waals surface area contributed by atoms with Crippen LogP contribution in [0, 0.1) is 5.92 Å². The molecule has 0 bridgehead atoms. The van der Waals surface area contributed by atoms with E-state index in [4.69, 9.17) is 4.74 Å². The molecule has 1 aliphatic carbocycles. The summed E-state index contributed by atoms with van der Waals surface area (Å²) in [5, 5.41) is 9.76. The molecule has 1 aliphatic rings. The van der Waals surface area contributed by atoms with Crippen molar-refractivity contribution >= 4 is 0 Å². The Morgan fingerprint density at radius 1 is 1.30 bits per heavy atom. The molecule has 112 valence electrons. The molecule has 3 nitrogen and oxygen atoms in total. The molecule has 0 aliphatic heterocycles. The van der Waals surface area contributed by atoms with Gasteiger partial charge in [-0.2, -0.15) is 0 Å². The Bertz CT molecular complexity index is 439. The minimum atomic E-state index is -0.431. The highest BCUT2D eigenvalue weighted by Crippen LogP contribution is 2.32. The number of ether oxygens (including phenoxy) is 1. The predicted molar refractivity (Wildman–Crippen MR) is 81.9 cm³/mol. The van der Waals surface area contributed by atoms with Crippen LogP contribution < -0.4 is 4.74 Å². The Labute approximate surface area is 122 Å². The number of nitrogens with zero attached hydrogens (tertiary/aromatic N) is 1. The number of aliphatic hydroxyl groups is 1. The Kier molecular flexibility index (Phi) is 5.06. The zero-order chi connectivity index (χ0) is 14.7. The topological polar surface area (TPSA) is 32.7 Å². The van der Waals surface area contributed by atoms with Crippen molar-refractivity contribution in [2.45, 2.75) is 52.3 Å². The maximum Gasteiger partial charge on any atom is 0.123 e. The van der Waals surface area contributed by atoms with Crippen LogP contribution in [0.5, 0.6) is 5.75 Å². The summed E-state index contributed by atoms with van der Waals surface area (Å²) in [4.78, 5) is 2.55. The van der Waals surface area contributed by atoms with Gasteiger partial charge in [0.1, 0.15) is 5.75 Å². The van der Waals surface area contributed by atoms with Gasteiger partial charge in [0.15, 0.2) is 0 Å². The van der Waals surface area contributed by atoms with Crippen LogP contribution in [0.3, 0.4) is 0 Å². The van der Waals surface area contributed by atoms with Crippen LogP contribution in [0.25, 0.3) is 0 Å². The molecule has 2 rings (SSSR count). The summed E-state index contributed by atoms with van der Waals surface area (Å²) >= 11 is 0. The van der Waals surface area contributed by atoms with Crippen molar-refractivity contribution in [3.63, 3.8) is 0 Å². The van der Waals surface area contributed by atoms with Gasteiger partial charge in [0, 0.05) is 24.7 Å². The molecule has 0 heterocycles. The maximum atomic E-state index is 9.76. The molecule has 1 unspecified atom stereocenters. The number of benzene rings is 1. The molecule has 0 aromatic heterocycles. The van der Waals surface area contributed by atoms with E-state index in [2.05, 4.69) is 24.8 Å². The molecule has 0 saturated heterocycles. The summed E-state index contributed by atoms with van der Waals surface area (Å²) in [7, 11) is 1.71. The highest BCUT2D eigenvalue weighted by atomic mass is 16.5. The number of aliphatic hydroxyl groups excluding tert-OH is 1. The fourth-order valence-corrected chi connectivity index (χ4v) is 2.65. The number of methoxy groups -OCH3 is 1. The van der Waals surface area contributed by atoms with Crippen molar-refractivity contribution in [1.82, 2.24) is 4.90 Å². The minimum Gasteiger partial charge on any atom is -0.496 e. The van der Waals surface area contributed by atoms with Crippen LogP contribution in [0.4, 0.5) is 0 Å². The van der Waals surface area contributed by atoms with Crippen molar-refractivity contribution in [1.29, 1.82) is 0 Å². The molecule has 0 radical (unpaired) electrons. The molecule has 1 N–H and O–H groups in total. The molecule has 1 saturated carbocycles. The van der Waals surface area contributed by atoms with Gasteiger partial charge in [-0.1, -0.05) is 19.9 Å². The van der Waals surface area contributed by atoms with E-state index in [0.29, 0.717) is 5.92 Å². The van der Waals surface area contributed by atoms with Crippen LogP contribution in [0.1, 0.15) is 50.8 Å². The van der Waals surface area contributed by atoms with Crippen LogP contribution in [0.15, 0.2) is 18.2 Å². The van der Waals surface area contributed by atoms with Gasteiger partial charge in [0.25, 0.3) is 0 Å². The van der Waals surface area contributed by atoms with Gasteiger partial charge in [0.2, 0.25) is 0 Å². The second-order valence-corrected chi connectivity index (χ2v) is 6.30. The quantitative estimate of drug-likeness (QED) is 0.829. The van der Waals surface area contributed by atoms with E-state index in [-0.39, 0.29) is 0 Å². The van der Waals surface area contributed by atoms with Crippen molar-refractivity contribution in [3.8, 4) is 5.75 Å². The second-order valence-electron chi connectivity index (χ2n) is 6.30. The van der Waals surface area contributed by atoms with Gasteiger partial charge < -0.3 is 9.84 Å². The van der Waals surface area contributed by atoms with E-state index in [1.165, 1.54) is 18.4 Å². The third-order valence-electron chi connectivity index (χ3n) is 3.82. The second kappa shape index (κ2) is 6.59. The first-order chi connectivity index (χ1) is 9.51. The van der Waals surface area contributed by atoms with Crippen LogP contribution in [0.2, 0.25) is 0 Å². The van der Waals surface area contributed by atoms with Gasteiger partial charge in [0.05, 0.1) is 13.2 Å². The largest absolute Gasteiger partial charge is 0.496 e. The molecule has 3 heteroatoms. The summed E-state index contributed by atoms with van der Waals surface area (Å²) in [6.45, 7) is 8.36. The Morgan fingerprint density at radius 3 is 2.50 bits per heavy atom. The average Bonchev–Trinajstić information content (AvgIpc) is 3.21. The molecular formula is C17H27NO2. The fraction of sp³-hybridized carbons (Fsp3) is 0.647. The number of rotatable bonds is 7. The first-order valence-corrected chi connectivity index (χ1v) is 7.60. The van der Waals surface area contributed by atoms with Crippen molar-refractivity contribution in [3.05, 3.63) is 29.3 Å². The molecule has 1 aromatic carbocycles. The van der Waals surface area contributed by atoms with Gasteiger partial charge in [-0.05, 0) is 43.4 Å². The van der Waals surface area contributed by atoms with E-state index >= 15 is 0 Å². The number of hydrogen-bond donors (Lipinski definition) is 1. The van der Waals surface area contributed by atoms with Crippen molar-refractivity contribution < 1.29 is 9.84 Å².